The lowest BCUT2D eigenvalue weighted by atomic mass is 10.1. The number of carbonyl (C=O) groups excluding carboxylic acids is 1. The van der Waals surface area contributed by atoms with E-state index >= 15 is 0 Å². The molecular formula is C22H17ClN2O2S. The number of halogens is 1. The van der Waals surface area contributed by atoms with E-state index in [1.54, 1.807) is 0 Å². The van der Waals surface area contributed by atoms with E-state index in [9.17, 15) is 4.79 Å². The molecule has 0 radical (unpaired) electrons. The number of thioether (sulfide) groups is 1. The third kappa shape index (κ3) is 4.38. The van der Waals surface area contributed by atoms with Crippen LogP contribution in [0.15, 0.2) is 76.0 Å². The molecule has 6 heteroatoms. The predicted octanol–water partition coefficient (Wildman–Crippen LogP) is 6.19. The van der Waals surface area contributed by atoms with Gasteiger partial charge in [-0.05, 0) is 61.5 Å². The van der Waals surface area contributed by atoms with Crippen molar-refractivity contribution in [2.24, 2.45) is 0 Å². The largest absolute Gasteiger partial charge is 0.436 e. The molecule has 0 spiro atoms. The van der Waals surface area contributed by atoms with Crippen LogP contribution in [-0.2, 0) is 4.79 Å². The molecule has 1 N–H and O–H groups in total. The zero-order valence-electron chi connectivity index (χ0n) is 15.1. The molecule has 0 fully saturated rings. The number of amides is 1. The maximum Gasteiger partial charge on any atom is 0.234 e. The van der Waals surface area contributed by atoms with E-state index in [1.165, 1.54) is 11.8 Å². The van der Waals surface area contributed by atoms with Crippen LogP contribution in [0.2, 0.25) is 5.02 Å². The Kier molecular flexibility index (Phi) is 5.37. The first kappa shape index (κ1) is 18.6. The summed E-state index contributed by atoms with van der Waals surface area (Å²) in [5.74, 6) is 0.801. The topological polar surface area (TPSA) is 55.1 Å². The number of carbonyl (C=O) groups is 1. The van der Waals surface area contributed by atoms with Crippen molar-refractivity contribution in [3.63, 3.8) is 0 Å². The van der Waals surface area contributed by atoms with Gasteiger partial charge in [0.15, 0.2) is 5.58 Å². The first-order valence-electron chi connectivity index (χ1n) is 8.73. The van der Waals surface area contributed by atoms with Gasteiger partial charge in [0.25, 0.3) is 0 Å². The first-order chi connectivity index (χ1) is 13.6. The standard InChI is InChI=1S/C22H17ClN2O2S/c1-14-3-2-4-15(11-14)22-25-19-12-17(7-10-20(19)27-22)24-21(26)13-28-18-8-5-16(23)6-9-18/h2-12H,13H2,1H3,(H,24,26). The highest BCUT2D eigenvalue weighted by molar-refractivity contribution is 8.00. The quantitative estimate of drug-likeness (QED) is 0.400. The van der Waals surface area contributed by atoms with Crippen molar-refractivity contribution in [3.05, 3.63) is 77.3 Å². The van der Waals surface area contributed by atoms with Gasteiger partial charge in [0.2, 0.25) is 11.8 Å². The van der Waals surface area contributed by atoms with Crippen LogP contribution in [0.1, 0.15) is 5.56 Å². The van der Waals surface area contributed by atoms with Gasteiger partial charge in [0.05, 0.1) is 5.75 Å². The summed E-state index contributed by atoms with van der Waals surface area (Å²) in [6.45, 7) is 2.03. The number of nitrogens with one attached hydrogen (secondary N) is 1. The molecular weight excluding hydrogens is 392 g/mol. The average Bonchev–Trinajstić information content (AvgIpc) is 3.11. The van der Waals surface area contributed by atoms with Crippen LogP contribution in [0.3, 0.4) is 0 Å². The first-order valence-corrected chi connectivity index (χ1v) is 10.1. The second-order valence-electron chi connectivity index (χ2n) is 6.36. The summed E-state index contributed by atoms with van der Waals surface area (Å²) in [4.78, 5) is 17.8. The van der Waals surface area contributed by atoms with E-state index < -0.39 is 0 Å². The van der Waals surface area contributed by atoms with Crippen molar-refractivity contribution in [3.8, 4) is 11.5 Å². The normalized spacial score (nSPS) is 10.9. The molecule has 0 atom stereocenters. The Morgan fingerprint density at radius 1 is 1.11 bits per heavy atom. The minimum Gasteiger partial charge on any atom is -0.436 e. The molecule has 3 aromatic carbocycles. The van der Waals surface area contributed by atoms with Gasteiger partial charge in [0.1, 0.15) is 5.52 Å². The van der Waals surface area contributed by atoms with Crippen molar-refractivity contribution in [1.82, 2.24) is 4.98 Å². The van der Waals surface area contributed by atoms with Crippen molar-refractivity contribution in [2.75, 3.05) is 11.1 Å². The van der Waals surface area contributed by atoms with Crippen molar-refractivity contribution in [1.29, 1.82) is 0 Å². The maximum absolute atomic E-state index is 12.3. The second-order valence-corrected chi connectivity index (χ2v) is 7.85. The van der Waals surface area contributed by atoms with E-state index in [-0.39, 0.29) is 5.91 Å². The monoisotopic (exact) mass is 408 g/mol. The number of hydrogen-bond donors (Lipinski definition) is 1. The average molecular weight is 409 g/mol. The number of oxazole rings is 1. The predicted molar refractivity (Wildman–Crippen MR) is 115 cm³/mol. The zero-order chi connectivity index (χ0) is 19.5. The Morgan fingerprint density at radius 2 is 1.93 bits per heavy atom. The fourth-order valence-electron chi connectivity index (χ4n) is 2.78. The summed E-state index contributed by atoms with van der Waals surface area (Å²) in [6.07, 6.45) is 0. The fraction of sp³-hybridized carbons (Fsp3) is 0.0909. The van der Waals surface area contributed by atoms with Crippen LogP contribution in [0.25, 0.3) is 22.6 Å². The number of benzene rings is 3. The van der Waals surface area contributed by atoms with Crippen LogP contribution >= 0.6 is 23.4 Å². The highest BCUT2D eigenvalue weighted by Gasteiger charge is 2.10. The number of fused-ring (bicyclic) bond motifs is 1. The number of hydrogen-bond acceptors (Lipinski definition) is 4. The van der Waals surface area contributed by atoms with E-state index in [4.69, 9.17) is 16.0 Å². The molecule has 1 aromatic heterocycles. The molecule has 1 heterocycles. The van der Waals surface area contributed by atoms with Gasteiger partial charge in [-0.15, -0.1) is 11.8 Å². The Hall–Kier alpha value is -2.76. The van der Waals surface area contributed by atoms with Crippen LogP contribution in [0.4, 0.5) is 5.69 Å². The molecule has 0 aliphatic heterocycles. The summed E-state index contributed by atoms with van der Waals surface area (Å²) in [5, 5.41) is 3.59. The maximum atomic E-state index is 12.3. The number of rotatable bonds is 5. The molecule has 0 aliphatic rings. The van der Waals surface area contributed by atoms with Crippen LogP contribution in [-0.4, -0.2) is 16.6 Å². The molecule has 4 rings (SSSR count). The smallest absolute Gasteiger partial charge is 0.234 e. The van der Waals surface area contributed by atoms with Crippen molar-refractivity contribution < 1.29 is 9.21 Å². The van der Waals surface area contributed by atoms with E-state index in [2.05, 4.69) is 10.3 Å². The minimum absolute atomic E-state index is 0.0818. The zero-order valence-corrected chi connectivity index (χ0v) is 16.7. The molecule has 28 heavy (non-hydrogen) atoms. The fourth-order valence-corrected chi connectivity index (χ4v) is 3.61. The third-order valence-electron chi connectivity index (χ3n) is 4.12. The number of nitrogens with zero attached hydrogens (tertiary/aromatic N) is 1. The lowest BCUT2D eigenvalue weighted by Gasteiger charge is -2.05. The summed E-state index contributed by atoms with van der Waals surface area (Å²) >= 11 is 7.33. The highest BCUT2D eigenvalue weighted by atomic mass is 35.5. The Balaban J connectivity index is 1.45. The summed E-state index contributed by atoms with van der Waals surface area (Å²) in [5.41, 5.74) is 4.16. The van der Waals surface area contributed by atoms with Gasteiger partial charge in [-0.2, -0.15) is 0 Å². The number of aromatic nitrogens is 1. The molecule has 4 aromatic rings. The molecule has 140 valence electrons. The lowest BCUT2D eigenvalue weighted by molar-refractivity contribution is -0.113. The summed E-state index contributed by atoms with van der Waals surface area (Å²) in [7, 11) is 0. The Bertz CT molecular complexity index is 1140. The van der Waals surface area contributed by atoms with Crippen molar-refractivity contribution in [2.45, 2.75) is 11.8 Å². The number of aryl methyl sites for hydroxylation is 1. The van der Waals surface area contributed by atoms with E-state index in [0.717, 1.165) is 16.0 Å². The second kappa shape index (κ2) is 8.09. The van der Waals surface area contributed by atoms with Gasteiger partial charge < -0.3 is 9.73 Å². The lowest BCUT2D eigenvalue weighted by Crippen LogP contribution is -2.13. The van der Waals surface area contributed by atoms with E-state index in [0.29, 0.717) is 33.5 Å². The van der Waals surface area contributed by atoms with Gasteiger partial charge in [0, 0.05) is 21.2 Å². The SMILES string of the molecule is Cc1cccc(-c2nc3cc(NC(=O)CSc4ccc(Cl)cc4)ccc3o2)c1. The van der Waals surface area contributed by atoms with Crippen molar-refractivity contribution >= 4 is 46.1 Å². The van der Waals surface area contributed by atoms with Crippen LogP contribution in [0.5, 0.6) is 0 Å². The molecule has 1 amide bonds. The van der Waals surface area contributed by atoms with E-state index in [1.807, 2.05) is 73.7 Å². The van der Waals surface area contributed by atoms with Gasteiger partial charge in [-0.1, -0.05) is 29.3 Å². The molecule has 0 saturated heterocycles. The third-order valence-corrected chi connectivity index (χ3v) is 5.38. The summed E-state index contributed by atoms with van der Waals surface area (Å²) < 4.78 is 5.85. The van der Waals surface area contributed by atoms with Gasteiger partial charge >= 0.3 is 0 Å². The molecule has 0 saturated carbocycles. The molecule has 0 aliphatic carbocycles. The molecule has 4 nitrogen and oxygen atoms in total. The van der Waals surface area contributed by atoms with Crippen LogP contribution in [0, 0.1) is 6.92 Å². The molecule has 0 unspecified atom stereocenters. The Labute approximate surface area is 171 Å². The highest BCUT2D eigenvalue weighted by Crippen LogP contribution is 2.27. The number of anilines is 1. The summed E-state index contributed by atoms with van der Waals surface area (Å²) in [6, 6.07) is 20.9. The molecule has 0 bridgehead atoms. The van der Waals surface area contributed by atoms with Gasteiger partial charge in [-0.3, -0.25) is 4.79 Å². The Morgan fingerprint density at radius 3 is 2.71 bits per heavy atom. The van der Waals surface area contributed by atoms with Gasteiger partial charge in [-0.25, -0.2) is 4.98 Å². The minimum atomic E-state index is -0.0818. The van der Waals surface area contributed by atoms with Crippen LogP contribution < -0.4 is 5.32 Å².